The highest BCUT2D eigenvalue weighted by Crippen LogP contribution is 2.22. The van der Waals surface area contributed by atoms with Crippen LogP contribution < -0.4 is 15.8 Å². The van der Waals surface area contributed by atoms with Gasteiger partial charge in [-0.1, -0.05) is 6.07 Å². The summed E-state index contributed by atoms with van der Waals surface area (Å²) in [5.41, 5.74) is 4.04. The molecule has 0 aliphatic heterocycles. The van der Waals surface area contributed by atoms with Gasteiger partial charge in [-0.15, -0.1) is 0 Å². The number of primary amides is 1. The number of benzene rings is 2. The molecule has 0 radical (unpaired) electrons. The molecule has 0 aliphatic carbocycles. The van der Waals surface area contributed by atoms with Gasteiger partial charge in [0.05, 0.1) is 6.26 Å². The van der Waals surface area contributed by atoms with Crippen molar-refractivity contribution in [2.24, 2.45) is 5.73 Å². The van der Waals surface area contributed by atoms with Gasteiger partial charge in [0.25, 0.3) is 16.0 Å². The molecular formula is C17H18F2N2O5S. The molecule has 0 spiro atoms. The lowest BCUT2D eigenvalue weighted by Gasteiger charge is -2.27. The molecule has 3 N–H and O–H groups in total. The fourth-order valence-corrected chi connectivity index (χ4v) is 2.86. The van der Waals surface area contributed by atoms with Crippen molar-refractivity contribution in [1.82, 2.24) is 0 Å². The zero-order chi connectivity index (χ0) is 20.2. The third kappa shape index (κ3) is 5.90. The number of halogens is 2. The normalized spacial score (nSPS) is 13.6. The van der Waals surface area contributed by atoms with Gasteiger partial charge in [-0.2, -0.15) is 8.42 Å². The van der Waals surface area contributed by atoms with E-state index < -0.39 is 33.4 Å². The van der Waals surface area contributed by atoms with E-state index in [1.54, 1.807) is 0 Å². The third-order valence-corrected chi connectivity index (χ3v) is 4.05. The lowest BCUT2D eigenvalue weighted by atomic mass is 10.2. The number of hydrogen-bond acceptors (Lipinski definition) is 6. The van der Waals surface area contributed by atoms with Crippen molar-refractivity contribution in [3.63, 3.8) is 0 Å². The van der Waals surface area contributed by atoms with Gasteiger partial charge < -0.3 is 15.8 Å². The monoisotopic (exact) mass is 400 g/mol. The predicted octanol–water partition coefficient (Wildman–Crippen LogP) is 2.13. The Hall–Kier alpha value is -2.72. The van der Waals surface area contributed by atoms with E-state index in [1.807, 2.05) is 0 Å². The Balaban J connectivity index is 2.05. The highest BCUT2D eigenvalue weighted by molar-refractivity contribution is 7.86. The maximum Gasteiger partial charge on any atom is 0.271 e. The number of nitrogens with two attached hydrogens (primary N) is 1. The Bertz CT molecular complexity index is 935. The number of carbonyl (C=O) groups is 1. The first-order valence-electron chi connectivity index (χ1n) is 7.64. The first-order valence-corrected chi connectivity index (χ1v) is 9.46. The summed E-state index contributed by atoms with van der Waals surface area (Å²) in [6, 6.07) is 9.52. The van der Waals surface area contributed by atoms with Gasteiger partial charge in [0, 0.05) is 5.69 Å². The zero-order valence-electron chi connectivity index (χ0n) is 14.5. The van der Waals surface area contributed by atoms with Gasteiger partial charge in [0.1, 0.15) is 12.4 Å². The minimum atomic E-state index is -3.95. The van der Waals surface area contributed by atoms with Crippen molar-refractivity contribution in [2.45, 2.75) is 19.3 Å². The average molecular weight is 400 g/mol. The summed E-state index contributed by atoms with van der Waals surface area (Å²) in [7, 11) is -3.95. The molecule has 1 atom stereocenters. The number of amides is 1. The molecule has 0 saturated carbocycles. The van der Waals surface area contributed by atoms with Crippen LogP contribution in [0.1, 0.15) is 12.5 Å². The van der Waals surface area contributed by atoms with Gasteiger partial charge in [-0.25, -0.2) is 13.0 Å². The molecule has 1 unspecified atom stereocenters. The SMILES string of the molecule is CC(Nc1ccc(OCc2ccc(F)c(F)c2)cc1)(OS(C)(=O)=O)C(N)=O. The molecule has 10 heteroatoms. The van der Waals surface area contributed by atoms with Crippen LogP contribution in [0.3, 0.4) is 0 Å². The van der Waals surface area contributed by atoms with Crippen LogP contribution in [0.4, 0.5) is 14.5 Å². The number of anilines is 1. The molecule has 2 rings (SSSR count). The maximum absolute atomic E-state index is 13.2. The van der Waals surface area contributed by atoms with E-state index in [4.69, 9.17) is 14.7 Å². The van der Waals surface area contributed by atoms with Gasteiger partial charge in [-0.05, 0) is 48.9 Å². The highest BCUT2D eigenvalue weighted by Gasteiger charge is 2.36. The van der Waals surface area contributed by atoms with Crippen LogP contribution in [0, 0.1) is 11.6 Å². The Labute approximate surface area is 155 Å². The van der Waals surface area contributed by atoms with Crippen LogP contribution in [0.5, 0.6) is 5.75 Å². The minimum Gasteiger partial charge on any atom is -0.489 e. The van der Waals surface area contributed by atoms with Crippen LogP contribution in [-0.2, 0) is 25.7 Å². The first kappa shape index (κ1) is 20.6. The van der Waals surface area contributed by atoms with Crippen LogP contribution in [0.25, 0.3) is 0 Å². The van der Waals surface area contributed by atoms with E-state index >= 15 is 0 Å². The summed E-state index contributed by atoms with van der Waals surface area (Å²) in [5.74, 6) is -2.52. The van der Waals surface area contributed by atoms with E-state index in [1.165, 1.54) is 37.3 Å². The Morgan fingerprint density at radius 1 is 1.15 bits per heavy atom. The fourth-order valence-electron chi connectivity index (χ4n) is 2.13. The third-order valence-electron chi connectivity index (χ3n) is 3.41. The Morgan fingerprint density at radius 3 is 2.30 bits per heavy atom. The lowest BCUT2D eigenvalue weighted by molar-refractivity contribution is -0.129. The number of carbonyl (C=O) groups excluding carboxylic acids is 1. The van der Waals surface area contributed by atoms with Gasteiger partial charge in [0.15, 0.2) is 11.6 Å². The molecule has 2 aromatic carbocycles. The molecule has 0 aromatic heterocycles. The van der Waals surface area contributed by atoms with Crippen LogP contribution in [-0.4, -0.2) is 26.3 Å². The molecular weight excluding hydrogens is 382 g/mol. The van der Waals surface area contributed by atoms with Crippen molar-refractivity contribution in [1.29, 1.82) is 0 Å². The summed E-state index contributed by atoms with van der Waals surface area (Å²) >= 11 is 0. The second kappa shape index (κ2) is 7.89. The summed E-state index contributed by atoms with van der Waals surface area (Å²) < 4.78 is 58.9. The molecule has 7 nitrogen and oxygen atoms in total. The minimum absolute atomic E-state index is 0.0141. The molecule has 2 aromatic rings. The fraction of sp³-hybridized carbons (Fsp3) is 0.235. The zero-order valence-corrected chi connectivity index (χ0v) is 15.3. The Morgan fingerprint density at radius 2 is 1.78 bits per heavy atom. The van der Waals surface area contributed by atoms with Gasteiger partial charge >= 0.3 is 0 Å². The van der Waals surface area contributed by atoms with Crippen molar-refractivity contribution >= 4 is 21.7 Å². The number of nitrogens with one attached hydrogen (secondary N) is 1. The number of ether oxygens (including phenoxy) is 1. The van der Waals surface area contributed by atoms with Crippen molar-refractivity contribution in [3.8, 4) is 5.75 Å². The summed E-state index contributed by atoms with van der Waals surface area (Å²) in [5, 5.41) is 2.60. The van der Waals surface area contributed by atoms with Gasteiger partial charge in [0.2, 0.25) is 5.72 Å². The molecule has 0 heterocycles. The molecule has 0 bridgehead atoms. The average Bonchev–Trinajstić information content (AvgIpc) is 2.55. The summed E-state index contributed by atoms with van der Waals surface area (Å²) in [6.45, 7) is 1.20. The van der Waals surface area contributed by atoms with Gasteiger partial charge in [-0.3, -0.25) is 4.79 Å². The number of hydrogen-bond donors (Lipinski definition) is 2. The first-order chi connectivity index (χ1) is 12.5. The van der Waals surface area contributed by atoms with Crippen molar-refractivity contribution in [2.75, 3.05) is 11.6 Å². The standard InChI is InChI=1S/C17H18F2N2O5S/c1-17(16(20)22,26-27(2,23)24)21-12-4-6-13(7-5-12)25-10-11-3-8-14(18)15(19)9-11/h3-9,21H,10H2,1-2H3,(H2,20,22). The second-order valence-corrected chi connectivity index (χ2v) is 7.45. The Kier molecular flexibility index (Phi) is 6.01. The number of rotatable bonds is 8. The van der Waals surface area contributed by atoms with E-state index in [9.17, 15) is 22.0 Å². The van der Waals surface area contributed by atoms with E-state index in [-0.39, 0.29) is 6.61 Å². The topological polar surface area (TPSA) is 108 Å². The van der Waals surface area contributed by atoms with Crippen LogP contribution in [0.15, 0.2) is 42.5 Å². The van der Waals surface area contributed by atoms with Crippen molar-refractivity contribution < 1.29 is 30.9 Å². The van der Waals surface area contributed by atoms with E-state index in [2.05, 4.69) is 5.32 Å². The summed E-state index contributed by atoms with van der Waals surface area (Å²) in [6.07, 6.45) is 0.797. The lowest BCUT2D eigenvalue weighted by Crippen LogP contribution is -2.51. The smallest absolute Gasteiger partial charge is 0.271 e. The summed E-state index contributed by atoms with van der Waals surface area (Å²) in [4.78, 5) is 11.6. The van der Waals surface area contributed by atoms with Crippen LogP contribution in [0.2, 0.25) is 0 Å². The van der Waals surface area contributed by atoms with Crippen LogP contribution >= 0.6 is 0 Å². The highest BCUT2D eigenvalue weighted by atomic mass is 32.2. The van der Waals surface area contributed by atoms with Crippen molar-refractivity contribution in [3.05, 3.63) is 59.7 Å². The molecule has 0 aliphatic rings. The molecule has 27 heavy (non-hydrogen) atoms. The molecule has 0 fully saturated rings. The molecule has 146 valence electrons. The molecule has 0 saturated heterocycles. The maximum atomic E-state index is 13.2. The quantitative estimate of drug-likeness (QED) is 0.519. The van der Waals surface area contributed by atoms with E-state index in [0.717, 1.165) is 18.4 Å². The largest absolute Gasteiger partial charge is 0.489 e. The predicted molar refractivity (Wildman–Crippen MR) is 94.3 cm³/mol. The molecule has 1 amide bonds. The van der Waals surface area contributed by atoms with E-state index in [0.29, 0.717) is 17.0 Å². The second-order valence-electron chi connectivity index (χ2n) is 5.87.